The minimum absolute atomic E-state index is 0.149. The van der Waals surface area contributed by atoms with Crippen LogP contribution in [0.25, 0.3) is 0 Å². The molecule has 0 atom stereocenters. The molecule has 0 bridgehead atoms. The van der Waals surface area contributed by atoms with Crippen molar-refractivity contribution in [2.75, 3.05) is 31.6 Å². The van der Waals surface area contributed by atoms with Gasteiger partial charge in [0.05, 0.1) is 6.61 Å². The first-order valence-electron chi connectivity index (χ1n) is 7.19. The number of hydrogen-bond acceptors (Lipinski definition) is 4. The number of nitrogens with zero attached hydrogens (tertiary/aromatic N) is 1. The third-order valence-electron chi connectivity index (χ3n) is 2.74. The van der Waals surface area contributed by atoms with Crippen LogP contribution in [-0.2, 0) is 4.74 Å². The van der Waals surface area contributed by atoms with Crippen molar-refractivity contribution in [2.45, 2.75) is 27.2 Å². The van der Waals surface area contributed by atoms with E-state index >= 15 is 0 Å². The van der Waals surface area contributed by atoms with E-state index in [0.29, 0.717) is 24.8 Å². The molecular weight excluding hydrogens is 254 g/mol. The summed E-state index contributed by atoms with van der Waals surface area (Å²) < 4.78 is 5.53. The third kappa shape index (κ3) is 6.52. The molecule has 1 aromatic heterocycles. The SMILES string of the molecule is CCNC(=O)c1cc(NCCOCCC(C)C)ccn1. The fourth-order valence-electron chi connectivity index (χ4n) is 1.60. The lowest BCUT2D eigenvalue weighted by molar-refractivity contribution is 0.0951. The smallest absolute Gasteiger partial charge is 0.269 e. The Morgan fingerprint density at radius 2 is 2.20 bits per heavy atom. The normalized spacial score (nSPS) is 10.6. The minimum atomic E-state index is -0.149. The number of carbonyl (C=O) groups is 1. The first kappa shape index (κ1) is 16.4. The lowest BCUT2D eigenvalue weighted by Crippen LogP contribution is -2.23. The molecule has 5 nitrogen and oxygen atoms in total. The molecule has 1 aromatic rings. The molecule has 0 fully saturated rings. The second-order valence-corrected chi connectivity index (χ2v) is 5.01. The Kier molecular flexibility index (Phi) is 7.65. The molecule has 0 aliphatic heterocycles. The van der Waals surface area contributed by atoms with Crippen LogP contribution in [0.5, 0.6) is 0 Å². The Morgan fingerprint density at radius 1 is 1.40 bits per heavy atom. The molecule has 0 spiro atoms. The summed E-state index contributed by atoms with van der Waals surface area (Å²) in [5.41, 5.74) is 1.31. The quantitative estimate of drug-likeness (QED) is 0.681. The van der Waals surface area contributed by atoms with Crippen LogP contribution in [0.4, 0.5) is 5.69 Å². The second kappa shape index (κ2) is 9.31. The van der Waals surface area contributed by atoms with E-state index in [1.54, 1.807) is 12.3 Å². The number of anilines is 1. The van der Waals surface area contributed by atoms with E-state index in [1.807, 2.05) is 13.0 Å². The van der Waals surface area contributed by atoms with Gasteiger partial charge in [-0.2, -0.15) is 0 Å². The minimum Gasteiger partial charge on any atom is -0.383 e. The molecule has 0 saturated carbocycles. The number of ether oxygens (including phenoxy) is 1. The summed E-state index contributed by atoms with van der Waals surface area (Å²) in [5.74, 6) is 0.520. The summed E-state index contributed by atoms with van der Waals surface area (Å²) in [7, 11) is 0. The maximum absolute atomic E-state index is 11.6. The van der Waals surface area contributed by atoms with Crippen LogP contribution in [0.15, 0.2) is 18.3 Å². The Balaban J connectivity index is 2.30. The van der Waals surface area contributed by atoms with E-state index in [2.05, 4.69) is 29.5 Å². The van der Waals surface area contributed by atoms with Crippen molar-refractivity contribution in [3.63, 3.8) is 0 Å². The lowest BCUT2D eigenvalue weighted by atomic mass is 10.1. The molecule has 2 N–H and O–H groups in total. The Hall–Kier alpha value is -1.62. The van der Waals surface area contributed by atoms with Crippen molar-refractivity contribution >= 4 is 11.6 Å². The van der Waals surface area contributed by atoms with E-state index in [-0.39, 0.29) is 5.91 Å². The number of amides is 1. The van der Waals surface area contributed by atoms with Gasteiger partial charge in [0.25, 0.3) is 5.91 Å². The highest BCUT2D eigenvalue weighted by Gasteiger charge is 2.05. The maximum atomic E-state index is 11.6. The van der Waals surface area contributed by atoms with Crippen molar-refractivity contribution in [3.8, 4) is 0 Å². The Morgan fingerprint density at radius 3 is 2.90 bits per heavy atom. The van der Waals surface area contributed by atoms with Gasteiger partial charge < -0.3 is 15.4 Å². The molecule has 0 aliphatic carbocycles. The number of pyridine rings is 1. The van der Waals surface area contributed by atoms with Crippen LogP contribution >= 0.6 is 0 Å². The third-order valence-corrected chi connectivity index (χ3v) is 2.74. The number of carbonyl (C=O) groups excluding carboxylic acids is 1. The van der Waals surface area contributed by atoms with Gasteiger partial charge in [-0.25, -0.2) is 0 Å². The zero-order chi connectivity index (χ0) is 14.8. The number of rotatable bonds is 9. The average Bonchev–Trinajstić information content (AvgIpc) is 2.43. The predicted octanol–water partition coefficient (Wildman–Crippen LogP) is 2.31. The second-order valence-electron chi connectivity index (χ2n) is 5.01. The van der Waals surface area contributed by atoms with Crippen molar-refractivity contribution in [1.29, 1.82) is 0 Å². The van der Waals surface area contributed by atoms with Crippen molar-refractivity contribution in [1.82, 2.24) is 10.3 Å². The highest BCUT2D eigenvalue weighted by atomic mass is 16.5. The molecule has 1 amide bonds. The monoisotopic (exact) mass is 279 g/mol. The van der Waals surface area contributed by atoms with Crippen LogP contribution in [0, 0.1) is 5.92 Å². The lowest BCUT2D eigenvalue weighted by Gasteiger charge is -2.09. The predicted molar refractivity (Wildman–Crippen MR) is 81.0 cm³/mol. The zero-order valence-electron chi connectivity index (χ0n) is 12.6. The Bertz CT molecular complexity index is 408. The fourth-order valence-corrected chi connectivity index (χ4v) is 1.60. The number of nitrogens with one attached hydrogen (secondary N) is 2. The molecule has 1 heterocycles. The van der Waals surface area contributed by atoms with Gasteiger partial charge in [0.15, 0.2) is 0 Å². The maximum Gasteiger partial charge on any atom is 0.269 e. The van der Waals surface area contributed by atoms with E-state index in [9.17, 15) is 4.79 Å². The first-order chi connectivity index (χ1) is 9.63. The topological polar surface area (TPSA) is 63.2 Å². The van der Waals surface area contributed by atoms with E-state index in [0.717, 1.165) is 25.3 Å². The van der Waals surface area contributed by atoms with Gasteiger partial charge in [-0.15, -0.1) is 0 Å². The van der Waals surface area contributed by atoms with Crippen LogP contribution in [0.1, 0.15) is 37.7 Å². The van der Waals surface area contributed by atoms with E-state index < -0.39 is 0 Å². The molecule has 0 aromatic carbocycles. The molecule has 1 rings (SSSR count). The molecule has 5 heteroatoms. The van der Waals surface area contributed by atoms with Crippen molar-refractivity contribution in [2.24, 2.45) is 5.92 Å². The van der Waals surface area contributed by atoms with E-state index in [1.165, 1.54) is 0 Å². The van der Waals surface area contributed by atoms with Crippen LogP contribution in [0.2, 0.25) is 0 Å². The molecular formula is C15H25N3O2. The van der Waals surface area contributed by atoms with Crippen LogP contribution < -0.4 is 10.6 Å². The number of aromatic nitrogens is 1. The Labute approximate surface area is 121 Å². The van der Waals surface area contributed by atoms with Gasteiger partial charge >= 0.3 is 0 Å². The fraction of sp³-hybridized carbons (Fsp3) is 0.600. The first-order valence-corrected chi connectivity index (χ1v) is 7.19. The number of hydrogen-bond donors (Lipinski definition) is 2. The van der Waals surface area contributed by atoms with Gasteiger partial charge in [-0.1, -0.05) is 13.8 Å². The average molecular weight is 279 g/mol. The molecule has 0 saturated heterocycles. The van der Waals surface area contributed by atoms with Crippen LogP contribution in [-0.4, -0.2) is 37.2 Å². The van der Waals surface area contributed by atoms with Crippen molar-refractivity contribution in [3.05, 3.63) is 24.0 Å². The molecule has 0 aliphatic rings. The molecule has 112 valence electrons. The molecule has 20 heavy (non-hydrogen) atoms. The van der Waals surface area contributed by atoms with Gasteiger partial charge in [0.1, 0.15) is 5.69 Å². The largest absolute Gasteiger partial charge is 0.383 e. The summed E-state index contributed by atoms with van der Waals surface area (Å²) >= 11 is 0. The summed E-state index contributed by atoms with van der Waals surface area (Å²) in [6.45, 7) is 9.02. The highest BCUT2D eigenvalue weighted by molar-refractivity contribution is 5.93. The highest BCUT2D eigenvalue weighted by Crippen LogP contribution is 2.07. The zero-order valence-corrected chi connectivity index (χ0v) is 12.6. The molecule has 0 radical (unpaired) electrons. The molecule has 0 unspecified atom stereocenters. The summed E-state index contributed by atoms with van der Waals surface area (Å²) in [5, 5.41) is 5.95. The summed E-state index contributed by atoms with van der Waals surface area (Å²) in [6.07, 6.45) is 2.71. The van der Waals surface area contributed by atoms with Crippen LogP contribution in [0.3, 0.4) is 0 Å². The summed E-state index contributed by atoms with van der Waals surface area (Å²) in [6, 6.07) is 3.59. The van der Waals surface area contributed by atoms with Gasteiger partial charge in [0.2, 0.25) is 0 Å². The van der Waals surface area contributed by atoms with Gasteiger partial charge in [-0.05, 0) is 31.4 Å². The van der Waals surface area contributed by atoms with E-state index in [4.69, 9.17) is 4.74 Å². The van der Waals surface area contributed by atoms with Crippen molar-refractivity contribution < 1.29 is 9.53 Å². The standard InChI is InChI=1S/C15H25N3O2/c1-4-16-15(19)14-11-13(5-7-18-14)17-8-10-20-9-6-12(2)3/h5,7,11-12H,4,6,8-10H2,1-3H3,(H,16,19)(H,17,18). The van der Waals surface area contributed by atoms with Gasteiger partial charge in [0, 0.05) is 31.6 Å². The van der Waals surface area contributed by atoms with Gasteiger partial charge in [-0.3, -0.25) is 9.78 Å². The summed E-state index contributed by atoms with van der Waals surface area (Å²) in [4.78, 5) is 15.7.